The van der Waals surface area contributed by atoms with Crippen LogP contribution in [0.1, 0.15) is 5.69 Å². The molecule has 0 amide bonds. The van der Waals surface area contributed by atoms with E-state index in [1.807, 2.05) is 30.3 Å². The van der Waals surface area contributed by atoms with Crippen LogP contribution in [0.5, 0.6) is 0 Å². The molecule has 0 atom stereocenters. The number of hydrogen-bond donors (Lipinski definition) is 3. The zero-order valence-electron chi connectivity index (χ0n) is 9.67. The van der Waals surface area contributed by atoms with E-state index in [0.29, 0.717) is 17.9 Å². The van der Waals surface area contributed by atoms with Gasteiger partial charge >= 0.3 is 0 Å². The molecule has 6 heteroatoms. The number of nitrogens with two attached hydrogens (primary N) is 1. The molecule has 0 fully saturated rings. The average Bonchev–Trinajstić information content (AvgIpc) is 2.88. The van der Waals surface area contributed by atoms with Crippen LogP contribution < -0.4 is 5.73 Å². The Bertz CT molecular complexity index is 685. The highest BCUT2D eigenvalue weighted by atomic mass is 16.3. The Labute approximate surface area is 103 Å². The maximum atomic E-state index is 8.92. The van der Waals surface area contributed by atoms with Crippen molar-refractivity contribution in [2.75, 3.05) is 12.3 Å². The number of fused-ring (bicyclic) bond motifs is 1. The summed E-state index contributed by atoms with van der Waals surface area (Å²) in [6, 6.07) is 9.36. The molecular formula is C12H13N5O. The molecule has 1 aromatic carbocycles. The first-order valence-electron chi connectivity index (χ1n) is 5.68. The monoisotopic (exact) mass is 243 g/mol. The zero-order valence-corrected chi connectivity index (χ0v) is 9.67. The lowest BCUT2D eigenvalue weighted by Crippen LogP contribution is -1.95. The number of aliphatic hydroxyl groups is 1. The van der Waals surface area contributed by atoms with Crippen molar-refractivity contribution in [1.82, 2.24) is 19.8 Å². The van der Waals surface area contributed by atoms with Crippen LogP contribution in [0.25, 0.3) is 17.0 Å². The van der Waals surface area contributed by atoms with Crippen LogP contribution >= 0.6 is 0 Å². The third-order valence-corrected chi connectivity index (χ3v) is 2.77. The summed E-state index contributed by atoms with van der Waals surface area (Å²) in [6.45, 7) is 0.102. The van der Waals surface area contributed by atoms with Crippen molar-refractivity contribution >= 4 is 11.3 Å². The minimum atomic E-state index is 0.102. The molecule has 0 radical (unpaired) electrons. The van der Waals surface area contributed by atoms with Gasteiger partial charge in [-0.05, 0) is 12.1 Å². The van der Waals surface area contributed by atoms with E-state index in [9.17, 15) is 0 Å². The molecule has 6 nitrogen and oxygen atoms in total. The topological polar surface area (TPSA) is 92.2 Å². The Morgan fingerprint density at radius 2 is 2.17 bits per heavy atom. The zero-order chi connectivity index (χ0) is 12.5. The lowest BCUT2D eigenvalue weighted by molar-refractivity contribution is 0.298. The first-order valence-corrected chi connectivity index (χ1v) is 5.68. The number of aromatic amines is 1. The van der Waals surface area contributed by atoms with Gasteiger partial charge in [0.1, 0.15) is 0 Å². The molecule has 92 valence electrons. The Hall–Kier alpha value is -2.34. The second-order valence-corrected chi connectivity index (χ2v) is 4.10. The minimum absolute atomic E-state index is 0.102. The van der Waals surface area contributed by atoms with Crippen LogP contribution in [0.2, 0.25) is 0 Å². The van der Waals surface area contributed by atoms with E-state index < -0.39 is 0 Å². The van der Waals surface area contributed by atoms with Gasteiger partial charge in [-0.3, -0.25) is 5.10 Å². The summed E-state index contributed by atoms with van der Waals surface area (Å²) >= 11 is 0. The van der Waals surface area contributed by atoms with Gasteiger partial charge in [-0.15, -0.1) is 10.2 Å². The van der Waals surface area contributed by atoms with E-state index in [1.54, 1.807) is 4.52 Å². The highest BCUT2D eigenvalue weighted by Gasteiger charge is 2.10. The van der Waals surface area contributed by atoms with Crippen LogP contribution in [-0.2, 0) is 6.42 Å². The second-order valence-electron chi connectivity index (χ2n) is 4.10. The molecular weight excluding hydrogens is 230 g/mol. The molecule has 0 saturated heterocycles. The van der Waals surface area contributed by atoms with E-state index in [4.69, 9.17) is 10.8 Å². The summed E-state index contributed by atoms with van der Waals surface area (Å²) < 4.78 is 1.79. The van der Waals surface area contributed by atoms with Crippen molar-refractivity contribution < 1.29 is 5.11 Å². The molecule has 0 aliphatic rings. The molecule has 2 aromatic heterocycles. The number of nitrogen functional groups attached to an aromatic ring is 1. The summed E-state index contributed by atoms with van der Waals surface area (Å²) in [5.41, 5.74) is 9.01. The predicted molar refractivity (Wildman–Crippen MR) is 68.0 cm³/mol. The van der Waals surface area contributed by atoms with Crippen molar-refractivity contribution in [3.63, 3.8) is 0 Å². The van der Waals surface area contributed by atoms with Crippen LogP contribution in [0.4, 0.5) is 5.69 Å². The fourth-order valence-corrected chi connectivity index (χ4v) is 1.95. The molecule has 0 bridgehead atoms. The fourth-order valence-electron chi connectivity index (χ4n) is 1.95. The normalized spacial score (nSPS) is 11.2. The van der Waals surface area contributed by atoms with Gasteiger partial charge in [-0.2, -0.15) is 0 Å². The SMILES string of the molecule is Nc1cccc(-c2nnc3cc(CCO)[nH]n23)c1. The summed E-state index contributed by atoms with van der Waals surface area (Å²) in [5, 5.41) is 20.3. The van der Waals surface area contributed by atoms with E-state index in [2.05, 4.69) is 15.3 Å². The highest BCUT2D eigenvalue weighted by molar-refractivity contribution is 5.63. The summed E-state index contributed by atoms with van der Waals surface area (Å²) in [7, 11) is 0. The van der Waals surface area contributed by atoms with Crippen molar-refractivity contribution in [2.24, 2.45) is 0 Å². The van der Waals surface area contributed by atoms with Gasteiger partial charge in [0.15, 0.2) is 11.5 Å². The van der Waals surface area contributed by atoms with E-state index >= 15 is 0 Å². The molecule has 0 unspecified atom stereocenters. The van der Waals surface area contributed by atoms with E-state index in [-0.39, 0.29) is 6.61 Å². The Morgan fingerprint density at radius 1 is 1.28 bits per heavy atom. The number of nitrogens with zero attached hydrogens (tertiary/aromatic N) is 3. The number of H-pyrrole nitrogens is 1. The van der Waals surface area contributed by atoms with Crippen molar-refractivity contribution in [1.29, 1.82) is 0 Å². The third kappa shape index (κ3) is 1.72. The molecule has 0 aliphatic carbocycles. The van der Waals surface area contributed by atoms with Crippen LogP contribution in [0, 0.1) is 0 Å². The first-order chi connectivity index (χ1) is 8.78. The largest absolute Gasteiger partial charge is 0.399 e. The van der Waals surface area contributed by atoms with Gasteiger partial charge < -0.3 is 10.8 Å². The molecule has 3 aromatic rings. The highest BCUT2D eigenvalue weighted by Crippen LogP contribution is 2.20. The van der Waals surface area contributed by atoms with Crippen molar-refractivity contribution in [3.8, 4) is 11.4 Å². The standard InChI is InChI=1S/C12H13N5O/c13-9-3-1-2-8(6-9)12-15-14-11-7-10(4-5-18)16-17(11)12/h1-3,6-7,16,18H,4-5,13H2. The van der Waals surface area contributed by atoms with Gasteiger partial charge in [0, 0.05) is 36.0 Å². The molecule has 18 heavy (non-hydrogen) atoms. The van der Waals surface area contributed by atoms with Crippen LogP contribution in [-0.4, -0.2) is 31.5 Å². The number of rotatable bonds is 3. The number of hydrogen-bond acceptors (Lipinski definition) is 4. The number of aromatic nitrogens is 4. The summed E-state index contributed by atoms with van der Waals surface area (Å²) in [5.74, 6) is 0.710. The molecule has 4 N–H and O–H groups in total. The number of anilines is 1. The quantitative estimate of drug-likeness (QED) is 0.594. The maximum absolute atomic E-state index is 8.92. The average molecular weight is 243 g/mol. The minimum Gasteiger partial charge on any atom is -0.399 e. The van der Waals surface area contributed by atoms with Gasteiger partial charge in [-0.25, -0.2) is 4.52 Å². The van der Waals surface area contributed by atoms with Crippen molar-refractivity contribution in [3.05, 3.63) is 36.0 Å². The van der Waals surface area contributed by atoms with E-state index in [1.165, 1.54) is 0 Å². The maximum Gasteiger partial charge on any atom is 0.183 e. The van der Waals surface area contributed by atoms with Gasteiger partial charge in [0.05, 0.1) is 0 Å². The van der Waals surface area contributed by atoms with Gasteiger partial charge in [0.25, 0.3) is 0 Å². The number of aliphatic hydroxyl groups excluding tert-OH is 1. The number of benzene rings is 1. The van der Waals surface area contributed by atoms with Crippen LogP contribution in [0.15, 0.2) is 30.3 Å². The van der Waals surface area contributed by atoms with Crippen molar-refractivity contribution in [2.45, 2.75) is 6.42 Å². The van der Waals surface area contributed by atoms with Gasteiger partial charge in [0.2, 0.25) is 0 Å². The Morgan fingerprint density at radius 3 is 2.94 bits per heavy atom. The summed E-state index contributed by atoms with van der Waals surface area (Å²) in [4.78, 5) is 0. The fraction of sp³-hybridized carbons (Fsp3) is 0.167. The lowest BCUT2D eigenvalue weighted by atomic mass is 10.2. The first kappa shape index (κ1) is 10.8. The summed E-state index contributed by atoms with van der Waals surface area (Å²) in [6.07, 6.45) is 0.569. The molecule has 2 heterocycles. The third-order valence-electron chi connectivity index (χ3n) is 2.77. The predicted octanol–water partition coefficient (Wildman–Crippen LogP) is 0.841. The molecule has 3 rings (SSSR count). The smallest absolute Gasteiger partial charge is 0.183 e. The Kier molecular flexibility index (Phi) is 2.49. The van der Waals surface area contributed by atoms with Gasteiger partial charge in [-0.1, -0.05) is 12.1 Å². The molecule has 0 spiro atoms. The number of nitrogens with one attached hydrogen (secondary N) is 1. The molecule has 0 aliphatic heterocycles. The Balaban J connectivity index is 2.11. The molecule has 0 saturated carbocycles. The van der Waals surface area contributed by atoms with Crippen LogP contribution in [0.3, 0.4) is 0 Å². The second kappa shape index (κ2) is 4.15. The lowest BCUT2D eigenvalue weighted by Gasteiger charge is -1.99. The van der Waals surface area contributed by atoms with E-state index in [0.717, 1.165) is 16.9 Å².